The summed E-state index contributed by atoms with van der Waals surface area (Å²) in [7, 11) is -3.56. The van der Waals surface area contributed by atoms with Gasteiger partial charge in [-0.3, -0.25) is 4.79 Å². The van der Waals surface area contributed by atoms with E-state index in [1.165, 1.54) is 12.0 Å². The Labute approximate surface area is 162 Å². The first-order valence-electron chi connectivity index (χ1n) is 9.16. The lowest BCUT2D eigenvalue weighted by atomic mass is 9.92. The summed E-state index contributed by atoms with van der Waals surface area (Å²) in [5.41, 5.74) is 2.39. The molecule has 146 valence electrons. The summed E-state index contributed by atoms with van der Waals surface area (Å²) in [6, 6.07) is 5.58. The standard InChI is InChI=1S/C18H27N3O3S.ClH/c22-18(21-16-7-10-19-11-8-16)9-12-20-25(23,24)17-6-5-14-3-1-2-4-15(14)13-17;/h5-6,13,16,19-20H,1-4,7-12H2,(H,21,22);1H. The molecule has 1 aliphatic carbocycles. The highest BCUT2D eigenvalue weighted by atomic mass is 35.5. The SMILES string of the molecule is Cl.O=C(CCNS(=O)(=O)c1ccc2c(c1)CCCC2)NC1CCNCC1. The third-order valence-corrected chi connectivity index (χ3v) is 6.44. The molecule has 0 saturated carbocycles. The number of fused-ring (bicyclic) bond motifs is 1. The summed E-state index contributed by atoms with van der Waals surface area (Å²) in [5.74, 6) is -0.0972. The Bertz CT molecular complexity index is 718. The van der Waals surface area contributed by atoms with E-state index in [0.717, 1.165) is 50.8 Å². The predicted octanol–water partition coefficient (Wildman–Crippen LogP) is 1.52. The lowest BCUT2D eigenvalue weighted by Gasteiger charge is -2.23. The number of carbonyl (C=O) groups is 1. The Kier molecular flexibility index (Phi) is 7.88. The second kappa shape index (κ2) is 9.69. The smallest absolute Gasteiger partial charge is 0.240 e. The van der Waals surface area contributed by atoms with E-state index in [0.29, 0.717) is 4.90 Å². The van der Waals surface area contributed by atoms with Crippen LogP contribution in [0.25, 0.3) is 0 Å². The number of halogens is 1. The molecule has 2 aliphatic rings. The van der Waals surface area contributed by atoms with Crippen LogP contribution in [0.4, 0.5) is 0 Å². The number of carbonyl (C=O) groups excluding carboxylic acids is 1. The Morgan fingerprint density at radius 1 is 1.12 bits per heavy atom. The quantitative estimate of drug-likeness (QED) is 0.674. The second-order valence-electron chi connectivity index (χ2n) is 6.88. The number of hydrogen-bond acceptors (Lipinski definition) is 4. The molecule has 3 N–H and O–H groups in total. The molecule has 8 heteroatoms. The van der Waals surface area contributed by atoms with Gasteiger partial charge < -0.3 is 10.6 Å². The largest absolute Gasteiger partial charge is 0.353 e. The first-order valence-corrected chi connectivity index (χ1v) is 10.6. The zero-order valence-electron chi connectivity index (χ0n) is 14.9. The Balaban J connectivity index is 0.00000243. The topological polar surface area (TPSA) is 87.3 Å². The predicted molar refractivity (Wildman–Crippen MR) is 104 cm³/mol. The molecule has 6 nitrogen and oxygen atoms in total. The third-order valence-electron chi connectivity index (χ3n) is 4.98. The molecule has 0 bridgehead atoms. The maximum atomic E-state index is 12.4. The molecule has 1 heterocycles. The highest BCUT2D eigenvalue weighted by Crippen LogP contribution is 2.24. The molecular weight excluding hydrogens is 374 g/mol. The first kappa shape index (κ1) is 21.2. The van der Waals surface area contributed by atoms with Crippen LogP contribution in [0.15, 0.2) is 23.1 Å². The van der Waals surface area contributed by atoms with Gasteiger partial charge in [0.05, 0.1) is 4.90 Å². The van der Waals surface area contributed by atoms with Gasteiger partial charge in [-0.1, -0.05) is 6.07 Å². The monoisotopic (exact) mass is 401 g/mol. The minimum Gasteiger partial charge on any atom is -0.353 e. The van der Waals surface area contributed by atoms with Crippen molar-refractivity contribution in [2.24, 2.45) is 0 Å². The summed E-state index contributed by atoms with van der Waals surface area (Å²) in [6.07, 6.45) is 6.26. The molecule has 1 aliphatic heterocycles. The highest BCUT2D eigenvalue weighted by molar-refractivity contribution is 7.89. The van der Waals surface area contributed by atoms with Crippen molar-refractivity contribution in [2.75, 3.05) is 19.6 Å². The fourth-order valence-electron chi connectivity index (χ4n) is 3.53. The first-order chi connectivity index (χ1) is 12.0. The number of hydrogen-bond donors (Lipinski definition) is 3. The van der Waals surface area contributed by atoms with E-state index in [1.807, 2.05) is 6.07 Å². The van der Waals surface area contributed by atoms with Crippen molar-refractivity contribution in [3.05, 3.63) is 29.3 Å². The number of benzene rings is 1. The van der Waals surface area contributed by atoms with Crippen LogP contribution in [0.2, 0.25) is 0 Å². The van der Waals surface area contributed by atoms with Crippen molar-refractivity contribution in [3.8, 4) is 0 Å². The second-order valence-corrected chi connectivity index (χ2v) is 8.64. The Morgan fingerprint density at radius 3 is 2.54 bits per heavy atom. The van der Waals surface area contributed by atoms with E-state index in [1.54, 1.807) is 12.1 Å². The minimum absolute atomic E-state index is 0. The Hall–Kier alpha value is -1.15. The van der Waals surface area contributed by atoms with E-state index in [2.05, 4.69) is 15.4 Å². The van der Waals surface area contributed by atoms with Crippen LogP contribution in [0, 0.1) is 0 Å². The zero-order chi connectivity index (χ0) is 17.7. The summed E-state index contributed by atoms with van der Waals surface area (Å²) >= 11 is 0. The fourth-order valence-corrected chi connectivity index (χ4v) is 4.61. The van der Waals surface area contributed by atoms with Gasteiger partial charge in [0.25, 0.3) is 0 Å². The van der Waals surface area contributed by atoms with E-state index in [4.69, 9.17) is 0 Å². The molecule has 0 radical (unpaired) electrons. The van der Waals surface area contributed by atoms with Crippen molar-refractivity contribution in [1.82, 2.24) is 15.4 Å². The van der Waals surface area contributed by atoms with Gasteiger partial charge >= 0.3 is 0 Å². The summed E-state index contributed by atoms with van der Waals surface area (Å²) in [4.78, 5) is 12.3. The molecule has 1 amide bonds. The molecule has 1 fully saturated rings. The molecule has 1 aromatic rings. The zero-order valence-corrected chi connectivity index (χ0v) is 16.6. The fraction of sp³-hybridized carbons (Fsp3) is 0.611. The van der Waals surface area contributed by atoms with E-state index in [-0.39, 0.29) is 37.3 Å². The van der Waals surface area contributed by atoms with Gasteiger partial charge in [0.2, 0.25) is 15.9 Å². The number of sulfonamides is 1. The number of nitrogens with one attached hydrogen (secondary N) is 3. The summed E-state index contributed by atoms with van der Waals surface area (Å²) in [6.45, 7) is 1.95. The molecule has 0 unspecified atom stereocenters. The van der Waals surface area contributed by atoms with Gasteiger partial charge in [0.15, 0.2) is 0 Å². The van der Waals surface area contributed by atoms with Crippen LogP contribution < -0.4 is 15.4 Å². The third kappa shape index (κ3) is 5.67. The summed E-state index contributed by atoms with van der Waals surface area (Å²) in [5, 5.41) is 6.22. The molecule has 0 spiro atoms. The average Bonchev–Trinajstić information content (AvgIpc) is 2.62. The number of piperidine rings is 1. The molecule has 1 aromatic carbocycles. The van der Waals surface area contributed by atoms with Gasteiger partial charge in [0.1, 0.15) is 0 Å². The van der Waals surface area contributed by atoms with Crippen LogP contribution in [0.5, 0.6) is 0 Å². The van der Waals surface area contributed by atoms with Crippen molar-refractivity contribution in [1.29, 1.82) is 0 Å². The van der Waals surface area contributed by atoms with Crippen molar-refractivity contribution in [2.45, 2.75) is 55.9 Å². The van der Waals surface area contributed by atoms with E-state index in [9.17, 15) is 13.2 Å². The highest BCUT2D eigenvalue weighted by Gasteiger charge is 2.19. The summed E-state index contributed by atoms with van der Waals surface area (Å²) < 4.78 is 27.4. The van der Waals surface area contributed by atoms with E-state index >= 15 is 0 Å². The minimum atomic E-state index is -3.56. The van der Waals surface area contributed by atoms with Crippen LogP contribution >= 0.6 is 12.4 Å². The number of aryl methyl sites for hydroxylation is 2. The van der Waals surface area contributed by atoms with Crippen LogP contribution in [0.1, 0.15) is 43.2 Å². The van der Waals surface area contributed by atoms with Crippen LogP contribution in [-0.2, 0) is 27.7 Å². The van der Waals surface area contributed by atoms with E-state index < -0.39 is 10.0 Å². The number of rotatable bonds is 6. The molecule has 1 saturated heterocycles. The normalized spacial score (nSPS) is 17.8. The lowest BCUT2D eigenvalue weighted by molar-refractivity contribution is -0.121. The van der Waals surface area contributed by atoms with Crippen molar-refractivity contribution >= 4 is 28.3 Å². The lowest BCUT2D eigenvalue weighted by Crippen LogP contribution is -2.43. The molecule has 0 atom stereocenters. The molecule has 26 heavy (non-hydrogen) atoms. The Morgan fingerprint density at radius 2 is 1.81 bits per heavy atom. The average molecular weight is 402 g/mol. The van der Waals surface area contributed by atoms with Gasteiger partial charge in [-0.25, -0.2) is 13.1 Å². The number of amides is 1. The van der Waals surface area contributed by atoms with Gasteiger partial charge in [-0.05, 0) is 74.9 Å². The van der Waals surface area contributed by atoms with Gasteiger partial charge in [-0.2, -0.15) is 0 Å². The maximum absolute atomic E-state index is 12.4. The van der Waals surface area contributed by atoms with Gasteiger partial charge in [-0.15, -0.1) is 12.4 Å². The molecule has 0 aromatic heterocycles. The van der Waals surface area contributed by atoms with Crippen molar-refractivity contribution < 1.29 is 13.2 Å². The maximum Gasteiger partial charge on any atom is 0.240 e. The molecular formula is C18H28ClN3O3S. The van der Waals surface area contributed by atoms with Crippen LogP contribution in [-0.4, -0.2) is 40.0 Å². The van der Waals surface area contributed by atoms with Crippen LogP contribution in [0.3, 0.4) is 0 Å². The van der Waals surface area contributed by atoms with Crippen molar-refractivity contribution in [3.63, 3.8) is 0 Å². The molecule has 3 rings (SSSR count). The van der Waals surface area contributed by atoms with Gasteiger partial charge in [0, 0.05) is 19.0 Å².